The molecule has 0 atom stereocenters. The number of methoxy groups -OCH3 is 1. The first-order valence-corrected chi connectivity index (χ1v) is 6.05. The van der Waals surface area contributed by atoms with Gasteiger partial charge in [0.15, 0.2) is 5.82 Å². The average Bonchev–Trinajstić information content (AvgIpc) is 2.41. The Kier molecular flexibility index (Phi) is 3.96. The van der Waals surface area contributed by atoms with Crippen molar-refractivity contribution >= 4 is 33.4 Å². The molecule has 0 radical (unpaired) electrons. The van der Waals surface area contributed by atoms with E-state index in [0.29, 0.717) is 21.9 Å². The van der Waals surface area contributed by atoms with Gasteiger partial charge in [-0.3, -0.25) is 4.98 Å². The van der Waals surface area contributed by atoms with E-state index in [-0.39, 0.29) is 5.56 Å². The lowest BCUT2D eigenvalue weighted by atomic mass is 10.2. The third-order valence-corrected chi connectivity index (χ3v) is 2.98. The molecule has 7 heteroatoms. The van der Waals surface area contributed by atoms with E-state index in [1.807, 2.05) is 0 Å². The van der Waals surface area contributed by atoms with Crippen LogP contribution in [0.25, 0.3) is 0 Å². The van der Waals surface area contributed by atoms with Crippen LogP contribution in [-0.2, 0) is 0 Å². The van der Waals surface area contributed by atoms with Gasteiger partial charge in [0, 0.05) is 10.2 Å². The number of aromatic nitrogens is 2. The summed E-state index contributed by atoms with van der Waals surface area (Å²) in [4.78, 5) is 19.1. The minimum Gasteiger partial charge on any atom is -0.480 e. The molecule has 2 rings (SSSR count). The Labute approximate surface area is 117 Å². The molecule has 0 fully saturated rings. The predicted molar refractivity (Wildman–Crippen MR) is 73.0 cm³/mol. The Morgan fingerprint density at radius 3 is 2.89 bits per heavy atom. The third-order valence-electron chi connectivity index (χ3n) is 2.29. The van der Waals surface area contributed by atoms with Gasteiger partial charge in [0.1, 0.15) is 0 Å². The van der Waals surface area contributed by atoms with Crippen molar-refractivity contribution < 1.29 is 14.6 Å². The van der Waals surface area contributed by atoms with Crippen LogP contribution in [0, 0.1) is 0 Å². The predicted octanol–water partition coefficient (Wildman–Crippen LogP) is 2.69. The highest BCUT2D eigenvalue weighted by Gasteiger charge is 2.09. The molecular weight excluding hydrogens is 314 g/mol. The van der Waals surface area contributed by atoms with E-state index in [0.717, 1.165) is 0 Å². The first-order valence-electron chi connectivity index (χ1n) is 5.26. The van der Waals surface area contributed by atoms with Gasteiger partial charge in [0.25, 0.3) is 0 Å². The maximum Gasteiger partial charge on any atom is 0.336 e. The monoisotopic (exact) mass is 323 g/mol. The Hall–Kier alpha value is -2.15. The van der Waals surface area contributed by atoms with E-state index in [9.17, 15) is 4.79 Å². The van der Waals surface area contributed by atoms with Gasteiger partial charge in [0.2, 0.25) is 5.88 Å². The van der Waals surface area contributed by atoms with Crippen molar-refractivity contribution in [2.75, 3.05) is 12.4 Å². The number of nitrogens with zero attached hydrogens (tertiary/aromatic N) is 2. The van der Waals surface area contributed by atoms with E-state index in [1.165, 1.54) is 25.6 Å². The molecular formula is C12H10BrN3O3. The number of anilines is 2. The average molecular weight is 324 g/mol. The van der Waals surface area contributed by atoms with Crippen LogP contribution < -0.4 is 10.1 Å². The molecule has 6 nitrogen and oxygen atoms in total. The number of benzene rings is 1. The second-order valence-electron chi connectivity index (χ2n) is 3.57. The standard InChI is InChI=1S/C12H10BrN3O3/c1-19-11-6-14-5-10(16-11)15-7-2-3-9(13)8(4-7)12(17)18/h2-6H,1H3,(H,15,16)(H,17,18). The van der Waals surface area contributed by atoms with Crippen LogP contribution in [0.2, 0.25) is 0 Å². The van der Waals surface area contributed by atoms with Gasteiger partial charge in [-0.25, -0.2) is 4.79 Å². The van der Waals surface area contributed by atoms with E-state index in [2.05, 4.69) is 31.2 Å². The lowest BCUT2D eigenvalue weighted by Gasteiger charge is -2.08. The zero-order valence-corrected chi connectivity index (χ0v) is 11.5. The molecule has 2 aromatic rings. The molecule has 0 spiro atoms. The summed E-state index contributed by atoms with van der Waals surface area (Å²) in [6.07, 6.45) is 3.00. The number of halogens is 1. The van der Waals surface area contributed by atoms with Gasteiger partial charge in [-0.05, 0) is 34.1 Å². The number of carboxylic acid groups (broad SMARTS) is 1. The van der Waals surface area contributed by atoms with Crippen LogP contribution in [0.4, 0.5) is 11.5 Å². The van der Waals surface area contributed by atoms with E-state index < -0.39 is 5.97 Å². The van der Waals surface area contributed by atoms with Gasteiger partial charge < -0.3 is 15.2 Å². The SMILES string of the molecule is COc1cncc(Nc2ccc(Br)c(C(=O)O)c2)n1. The fourth-order valence-electron chi connectivity index (χ4n) is 1.42. The summed E-state index contributed by atoms with van der Waals surface area (Å²) in [7, 11) is 1.50. The molecule has 0 aliphatic rings. The lowest BCUT2D eigenvalue weighted by Crippen LogP contribution is -2.01. The van der Waals surface area contributed by atoms with Crippen molar-refractivity contribution in [2.24, 2.45) is 0 Å². The van der Waals surface area contributed by atoms with Crippen molar-refractivity contribution in [2.45, 2.75) is 0 Å². The smallest absolute Gasteiger partial charge is 0.336 e. The topological polar surface area (TPSA) is 84.3 Å². The molecule has 98 valence electrons. The minimum atomic E-state index is -1.01. The molecule has 1 aromatic heterocycles. The maximum atomic E-state index is 11.0. The van der Waals surface area contributed by atoms with Crippen LogP contribution >= 0.6 is 15.9 Å². The van der Waals surface area contributed by atoms with Crippen LogP contribution in [0.5, 0.6) is 5.88 Å². The van der Waals surface area contributed by atoms with E-state index in [4.69, 9.17) is 9.84 Å². The summed E-state index contributed by atoms with van der Waals surface area (Å²) in [5.41, 5.74) is 0.768. The van der Waals surface area contributed by atoms with Crippen molar-refractivity contribution in [3.63, 3.8) is 0 Å². The summed E-state index contributed by atoms with van der Waals surface area (Å²) < 4.78 is 5.47. The number of hydrogen-bond acceptors (Lipinski definition) is 5. The normalized spacial score (nSPS) is 10.0. The molecule has 0 aliphatic heterocycles. The van der Waals surface area contributed by atoms with Crippen molar-refractivity contribution in [1.29, 1.82) is 0 Å². The number of rotatable bonds is 4. The molecule has 0 bridgehead atoms. The molecule has 2 N–H and O–H groups in total. The van der Waals surface area contributed by atoms with Crippen molar-refractivity contribution in [3.05, 3.63) is 40.6 Å². The highest BCUT2D eigenvalue weighted by molar-refractivity contribution is 9.10. The maximum absolute atomic E-state index is 11.0. The first-order chi connectivity index (χ1) is 9.10. The number of nitrogens with one attached hydrogen (secondary N) is 1. The van der Waals surface area contributed by atoms with Gasteiger partial charge in [0.05, 0.1) is 25.1 Å². The highest BCUT2D eigenvalue weighted by atomic mass is 79.9. The van der Waals surface area contributed by atoms with Crippen LogP contribution in [0.15, 0.2) is 35.1 Å². The van der Waals surface area contributed by atoms with Gasteiger partial charge in [-0.1, -0.05) is 0 Å². The lowest BCUT2D eigenvalue weighted by molar-refractivity contribution is 0.0696. The quantitative estimate of drug-likeness (QED) is 0.899. The summed E-state index contributed by atoms with van der Waals surface area (Å²) in [5, 5.41) is 12.0. The van der Waals surface area contributed by atoms with Crippen molar-refractivity contribution in [3.8, 4) is 5.88 Å². The molecule has 1 aromatic carbocycles. The Balaban J connectivity index is 2.28. The molecule has 0 saturated heterocycles. The summed E-state index contributed by atoms with van der Waals surface area (Å²) in [6, 6.07) is 4.89. The summed E-state index contributed by atoms with van der Waals surface area (Å²) in [5.74, 6) is -0.161. The number of aromatic carboxylic acids is 1. The van der Waals surface area contributed by atoms with E-state index in [1.54, 1.807) is 12.1 Å². The molecule has 0 amide bonds. The summed E-state index contributed by atoms with van der Waals surface area (Å²) >= 11 is 3.18. The fourth-order valence-corrected chi connectivity index (χ4v) is 1.84. The number of carbonyl (C=O) groups is 1. The molecule has 19 heavy (non-hydrogen) atoms. The number of hydrogen-bond donors (Lipinski definition) is 2. The molecule has 0 unspecified atom stereocenters. The molecule has 0 aliphatic carbocycles. The van der Waals surface area contributed by atoms with Gasteiger partial charge >= 0.3 is 5.97 Å². The van der Waals surface area contributed by atoms with Crippen LogP contribution in [0.3, 0.4) is 0 Å². The number of ether oxygens (including phenoxy) is 1. The second-order valence-corrected chi connectivity index (χ2v) is 4.43. The minimum absolute atomic E-state index is 0.167. The van der Waals surface area contributed by atoms with Crippen LogP contribution in [-0.4, -0.2) is 28.2 Å². The van der Waals surface area contributed by atoms with Crippen LogP contribution in [0.1, 0.15) is 10.4 Å². The molecule has 1 heterocycles. The Morgan fingerprint density at radius 2 is 2.21 bits per heavy atom. The third kappa shape index (κ3) is 3.19. The fraction of sp³-hybridized carbons (Fsp3) is 0.0833. The zero-order chi connectivity index (χ0) is 13.8. The number of carboxylic acids is 1. The second kappa shape index (κ2) is 5.66. The van der Waals surface area contributed by atoms with E-state index >= 15 is 0 Å². The van der Waals surface area contributed by atoms with Gasteiger partial charge in [-0.15, -0.1) is 0 Å². The highest BCUT2D eigenvalue weighted by Crippen LogP contribution is 2.23. The largest absolute Gasteiger partial charge is 0.480 e. The van der Waals surface area contributed by atoms with Crippen molar-refractivity contribution in [1.82, 2.24) is 9.97 Å². The Morgan fingerprint density at radius 1 is 1.42 bits per heavy atom. The van der Waals surface area contributed by atoms with Gasteiger partial charge in [-0.2, -0.15) is 4.98 Å². The summed E-state index contributed by atoms with van der Waals surface area (Å²) in [6.45, 7) is 0. The Bertz CT molecular complexity index is 619. The zero-order valence-electron chi connectivity index (χ0n) is 9.92. The molecule has 0 saturated carbocycles. The first kappa shape index (κ1) is 13.3.